The van der Waals surface area contributed by atoms with Crippen molar-refractivity contribution in [2.75, 3.05) is 9.80 Å². The summed E-state index contributed by atoms with van der Waals surface area (Å²) < 4.78 is 0. The molecule has 9 aromatic carbocycles. The molecule has 9 aromatic rings. The standard InChI is InChI=1S/C67H68N2/c1-41-19-16-28-55-53(41)27-18-30-63(55)69(52-37-44(4)47(7)45(5)38-52)65-40-61(50-22-12-9-13-23-50)57-31-33-58-64(39-60(49-20-10-8-11-21-49)56-32-34-59(65)67(57)66(56)58)68(51-35-42(2)46(6)43(3)36-51)62-29-17-25-48-24-14-15-26-54(48)62/h14-18,24-41,49-50H,8-13,19-23H2,1-7H3. The first-order valence-corrected chi connectivity index (χ1v) is 26.5. The van der Waals surface area contributed by atoms with Gasteiger partial charge in [0.15, 0.2) is 0 Å². The van der Waals surface area contributed by atoms with E-state index >= 15 is 0 Å². The minimum atomic E-state index is 0.467. The highest BCUT2D eigenvalue weighted by atomic mass is 15.2. The van der Waals surface area contributed by atoms with Gasteiger partial charge in [0.25, 0.3) is 0 Å². The molecule has 0 aliphatic heterocycles. The lowest BCUT2D eigenvalue weighted by Gasteiger charge is -2.35. The summed E-state index contributed by atoms with van der Waals surface area (Å²) in [5.41, 5.74) is 21.5. The average Bonchev–Trinajstić information content (AvgIpc) is 3.37. The van der Waals surface area contributed by atoms with Crippen molar-refractivity contribution in [2.24, 2.45) is 0 Å². The van der Waals surface area contributed by atoms with Crippen molar-refractivity contribution < 1.29 is 0 Å². The fourth-order valence-electron chi connectivity index (χ4n) is 13.3. The van der Waals surface area contributed by atoms with Gasteiger partial charge in [-0.25, -0.2) is 0 Å². The van der Waals surface area contributed by atoms with Gasteiger partial charge in [-0.2, -0.15) is 0 Å². The molecule has 0 spiro atoms. The maximum absolute atomic E-state index is 2.68. The van der Waals surface area contributed by atoms with Crippen LogP contribution in [0.4, 0.5) is 34.1 Å². The normalized spacial score (nSPS) is 16.8. The lowest BCUT2D eigenvalue weighted by Crippen LogP contribution is -2.16. The first-order valence-electron chi connectivity index (χ1n) is 26.5. The van der Waals surface area contributed by atoms with Gasteiger partial charge in [-0.05, 0) is 217 Å². The third kappa shape index (κ3) is 7.35. The van der Waals surface area contributed by atoms with Crippen LogP contribution in [0.15, 0.2) is 127 Å². The second kappa shape index (κ2) is 17.5. The molecule has 1 atom stereocenters. The number of hydrogen-bond acceptors (Lipinski definition) is 2. The van der Waals surface area contributed by atoms with Crippen LogP contribution in [0.25, 0.3) is 49.2 Å². The van der Waals surface area contributed by atoms with Crippen molar-refractivity contribution >= 4 is 83.3 Å². The lowest BCUT2D eigenvalue weighted by atomic mass is 9.77. The van der Waals surface area contributed by atoms with Crippen molar-refractivity contribution in [1.82, 2.24) is 0 Å². The van der Waals surface area contributed by atoms with Gasteiger partial charge in [0.05, 0.1) is 22.7 Å². The number of benzene rings is 9. The van der Waals surface area contributed by atoms with Crippen LogP contribution in [0.1, 0.15) is 151 Å². The first-order chi connectivity index (χ1) is 33.6. The quantitative estimate of drug-likeness (QED) is 0.140. The molecular formula is C67H68N2. The summed E-state index contributed by atoms with van der Waals surface area (Å²) in [4.78, 5) is 5.33. The fraction of sp³-hybridized carbons (Fsp3) is 0.313. The Kier molecular flexibility index (Phi) is 11.2. The highest BCUT2D eigenvalue weighted by Crippen LogP contribution is 2.54. The van der Waals surface area contributed by atoms with E-state index in [4.69, 9.17) is 0 Å². The molecule has 3 aliphatic carbocycles. The molecule has 2 nitrogen and oxygen atoms in total. The van der Waals surface area contributed by atoms with Crippen molar-refractivity contribution in [2.45, 2.75) is 137 Å². The topological polar surface area (TPSA) is 6.48 Å². The molecule has 0 amide bonds. The van der Waals surface area contributed by atoms with E-state index in [2.05, 4.69) is 192 Å². The Morgan fingerprint density at radius 3 is 1.42 bits per heavy atom. The van der Waals surface area contributed by atoms with Crippen LogP contribution >= 0.6 is 0 Å². The van der Waals surface area contributed by atoms with Gasteiger partial charge in [-0.3, -0.25) is 0 Å². The summed E-state index contributed by atoms with van der Waals surface area (Å²) in [6.07, 6.45) is 18.7. The summed E-state index contributed by atoms with van der Waals surface area (Å²) in [5.74, 6) is 1.49. The number of hydrogen-bond donors (Lipinski definition) is 0. The molecule has 2 heteroatoms. The van der Waals surface area contributed by atoms with E-state index in [1.807, 2.05) is 0 Å². The van der Waals surface area contributed by atoms with Gasteiger partial charge >= 0.3 is 0 Å². The van der Waals surface area contributed by atoms with Crippen LogP contribution in [0.5, 0.6) is 0 Å². The molecular weight excluding hydrogens is 833 g/mol. The van der Waals surface area contributed by atoms with Crippen LogP contribution < -0.4 is 9.80 Å². The third-order valence-electron chi connectivity index (χ3n) is 17.5. The number of fused-ring (bicyclic) bond motifs is 2. The van der Waals surface area contributed by atoms with Gasteiger partial charge in [0.1, 0.15) is 0 Å². The second-order valence-corrected chi connectivity index (χ2v) is 21.6. The molecule has 3 aliphatic rings. The molecule has 69 heavy (non-hydrogen) atoms. The lowest BCUT2D eigenvalue weighted by molar-refractivity contribution is 0.445. The zero-order valence-electron chi connectivity index (χ0n) is 42.1. The van der Waals surface area contributed by atoms with Gasteiger partial charge < -0.3 is 9.80 Å². The minimum absolute atomic E-state index is 0.467. The van der Waals surface area contributed by atoms with Crippen molar-refractivity contribution in [3.05, 3.63) is 183 Å². The molecule has 0 N–H and O–H groups in total. The van der Waals surface area contributed by atoms with Crippen molar-refractivity contribution in [3.63, 3.8) is 0 Å². The molecule has 0 aromatic heterocycles. The van der Waals surface area contributed by atoms with E-state index in [-0.39, 0.29) is 0 Å². The van der Waals surface area contributed by atoms with E-state index in [1.165, 1.54) is 197 Å². The van der Waals surface area contributed by atoms with Gasteiger partial charge in [-0.1, -0.05) is 130 Å². The molecule has 0 bridgehead atoms. The molecule has 0 saturated heterocycles. The van der Waals surface area contributed by atoms with Crippen LogP contribution in [0.2, 0.25) is 0 Å². The zero-order chi connectivity index (χ0) is 47.1. The van der Waals surface area contributed by atoms with Crippen LogP contribution in [-0.4, -0.2) is 0 Å². The van der Waals surface area contributed by atoms with Crippen LogP contribution in [0.3, 0.4) is 0 Å². The SMILES string of the molecule is Cc1cc(N(c2cccc3c2C=CCC3C)c2cc(C3CCCCC3)c3ccc4c(N(c5cc(C)c(C)c(C)c5)c5cccc6ccccc56)cc(C5CCCCC5)c5ccc2c3c54)cc(C)c1C. The van der Waals surface area contributed by atoms with Crippen LogP contribution in [-0.2, 0) is 0 Å². The molecule has 346 valence electrons. The molecule has 0 heterocycles. The average molecular weight is 901 g/mol. The number of rotatable bonds is 8. The van der Waals surface area contributed by atoms with Gasteiger partial charge in [-0.15, -0.1) is 0 Å². The Bertz CT molecular complexity index is 3430. The first kappa shape index (κ1) is 43.9. The fourth-order valence-corrected chi connectivity index (χ4v) is 13.3. The van der Waals surface area contributed by atoms with Gasteiger partial charge in [0.2, 0.25) is 0 Å². The highest BCUT2D eigenvalue weighted by Gasteiger charge is 2.31. The Morgan fingerprint density at radius 1 is 0.406 bits per heavy atom. The zero-order valence-corrected chi connectivity index (χ0v) is 42.1. The predicted molar refractivity (Wildman–Crippen MR) is 299 cm³/mol. The summed E-state index contributed by atoms with van der Waals surface area (Å²) in [7, 11) is 0. The van der Waals surface area contributed by atoms with Crippen molar-refractivity contribution in [3.8, 4) is 0 Å². The Labute approximate surface area is 411 Å². The largest absolute Gasteiger partial charge is 0.309 e. The van der Waals surface area contributed by atoms with E-state index in [1.54, 1.807) is 0 Å². The maximum Gasteiger partial charge on any atom is 0.0543 e. The number of anilines is 6. The minimum Gasteiger partial charge on any atom is -0.309 e. The Morgan fingerprint density at radius 2 is 0.870 bits per heavy atom. The number of aryl methyl sites for hydroxylation is 4. The molecule has 12 rings (SSSR count). The van der Waals surface area contributed by atoms with E-state index in [0.29, 0.717) is 17.8 Å². The third-order valence-corrected chi connectivity index (χ3v) is 17.5. The number of allylic oxidation sites excluding steroid dienone is 1. The number of nitrogens with zero attached hydrogens (tertiary/aromatic N) is 2. The predicted octanol–water partition coefficient (Wildman–Crippen LogP) is 20.1. The summed E-state index contributed by atoms with van der Waals surface area (Å²) in [5, 5.41) is 11.0. The smallest absolute Gasteiger partial charge is 0.0543 e. The summed E-state index contributed by atoms with van der Waals surface area (Å²) >= 11 is 0. The maximum atomic E-state index is 2.68. The second-order valence-electron chi connectivity index (χ2n) is 21.6. The van der Waals surface area contributed by atoms with Crippen LogP contribution in [0, 0.1) is 41.5 Å². The molecule has 2 fully saturated rings. The Balaban J connectivity index is 1.24. The molecule has 1 unspecified atom stereocenters. The molecule has 0 radical (unpaired) electrons. The van der Waals surface area contributed by atoms with Crippen molar-refractivity contribution in [1.29, 1.82) is 0 Å². The Hall–Kier alpha value is -6.38. The summed E-state index contributed by atoms with van der Waals surface area (Å²) in [6, 6.07) is 48.3. The highest BCUT2D eigenvalue weighted by molar-refractivity contribution is 6.29. The monoisotopic (exact) mass is 901 g/mol. The van der Waals surface area contributed by atoms with E-state index in [0.717, 1.165) is 6.42 Å². The van der Waals surface area contributed by atoms with E-state index < -0.39 is 0 Å². The van der Waals surface area contributed by atoms with E-state index in [9.17, 15) is 0 Å². The summed E-state index contributed by atoms with van der Waals surface area (Å²) in [6.45, 7) is 16.2. The molecule has 2 saturated carbocycles. The van der Waals surface area contributed by atoms with Gasteiger partial charge in [0, 0.05) is 33.1 Å².